The summed E-state index contributed by atoms with van der Waals surface area (Å²) in [5, 5.41) is 10.1. The van der Waals surface area contributed by atoms with Gasteiger partial charge in [0.15, 0.2) is 0 Å². The molecule has 18 heavy (non-hydrogen) atoms. The maximum Gasteiger partial charge on any atom is 0.272 e. The van der Waals surface area contributed by atoms with Crippen molar-refractivity contribution in [3.8, 4) is 0 Å². The van der Waals surface area contributed by atoms with Gasteiger partial charge in [-0.15, -0.1) is 0 Å². The Morgan fingerprint density at radius 2 is 2.28 bits per heavy atom. The van der Waals surface area contributed by atoms with Crippen LogP contribution in [0.4, 0.5) is 0 Å². The number of nitrogens with two attached hydrogens (primary N) is 1. The minimum atomic E-state index is -0.282. The van der Waals surface area contributed by atoms with E-state index in [0.717, 1.165) is 18.5 Å². The van der Waals surface area contributed by atoms with Gasteiger partial charge in [-0.2, -0.15) is 5.10 Å². The molecule has 1 amide bonds. The van der Waals surface area contributed by atoms with Crippen LogP contribution in [0.3, 0.4) is 0 Å². The Hall–Kier alpha value is -1.36. The number of H-pyrrole nitrogens is 1. The monoisotopic (exact) mass is 248 g/mol. The third kappa shape index (κ3) is 2.14. The number of nitrogens with zero attached hydrogens (tertiary/aromatic N) is 1. The number of carbonyl (C=O) groups excluding carboxylic acids is 1. The lowest BCUT2D eigenvalue weighted by molar-refractivity contribution is 0.0892. The van der Waals surface area contributed by atoms with Crippen LogP contribution < -0.4 is 11.1 Å². The number of hydrogen-bond donors (Lipinski definition) is 3. The van der Waals surface area contributed by atoms with Gasteiger partial charge in [0.25, 0.3) is 5.91 Å². The van der Waals surface area contributed by atoms with Gasteiger partial charge >= 0.3 is 0 Å². The minimum absolute atomic E-state index is 0.113. The molecule has 5 heteroatoms. The number of aromatic amines is 1. The summed E-state index contributed by atoms with van der Waals surface area (Å²) in [5.74, 6) is 0.995. The van der Waals surface area contributed by atoms with E-state index < -0.39 is 0 Å². The number of amides is 1. The second-order valence-electron chi connectivity index (χ2n) is 5.83. The Morgan fingerprint density at radius 1 is 1.56 bits per heavy atom. The van der Waals surface area contributed by atoms with E-state index in [0.29, 0.717) is 24.1 Å². The summed E-state index contributed by atoms with van der Waals surface area (Å²) < 4.78 is 0. The van der Waals surface area contributed by atoms with E-state index in [-0.39, 0.29) is 11.4 Å². The van der Waals surface area contributed by atoms with Gasteiger partial charge < -0.3 is 11.1 Å². The molecule has 98 valence electrons. The summed E-state index contributed by atoms with van der Waals surface area (Å²) in [6.45, 7) is 2.50. The lowest BCUT2D eigenvalue weighted by Crippen LogP contribution is -2.53. The maximum atomic E-state index is 12.2. The van der Waals surface area contributed by atoms with Crippen LogP contribution in [0, 0.1) is 5.92 Å². The summed E-state index contributed by atoms with van der Waals surface area (Å²) in [7, 11) is 0. The van der Waals surface area contributed by atoms with Crippen LogP contribution in [0.5, 0.6) is 0 Å². The molecule has 0 saturated heterocycles. The number of hydrogen-bond acceptors (Lipinski definition) is 3. The average molecular weight is 248 g/mol. The van der Waals surface area contributed by atoms with Crippen molar-refractivity contribution in [1.29, 1.82) is 0 Å². The summed E-state index contributed by atoms with van der Waals surface area (Å²) in [5.41, 5.74) is 7.08. The van der Waals surface area contributed by atoms with Crippen molar-refractivity contribution in [3.63, 3.8) is 0 Å². The second kappa shape index (κ2) is 4.09. The van der Waals surface area contributed by atoms with E-state index in [1.807, 2.05) is 13.0 Å². The molecule has 1 aromatic heterocycles. The molecule has 0 radical (unpaired) electrons. The highest BCUT2D eigenvalue weighted by Crippen LogP contribution is 2.40. The molecule has 1 heterocycles. The summed E-state index contributed by atoms with van der Waals surface area (Å²) >= 11 is 0. The first-order valence-electron chi connectivity index (χ1n) is 6.70. The first-order chi connectivity index (χ1) is 8.62. The van der Waals surface area contributed by atoms with Gasteiger partial charge in [-0.3, -0.25) is 9.89 Å². The van der Waals surface area contributed by atoms with E-state index in [9.17, 15) is 4.79 Å². The summed E-state index contributed by atoms with van der Waals surface area (Å²) in [6.07, 6.45) is 4.71. The fourth-order valence-corrected chi connectivity index (χ4v) is 2.42. The van der Waals surface area contributed by atoms with Gasteiger partial charge in [0.2, 0.25) is 0 Å². The minimum Gasteiger partial charge on any atom is -0.344 e. The van der Waals surface area contributed by atoms with Gasteiger partial charge in [0.05, 0.1) is 5.54 Å². The van der Waals surface area contributed by atoms with Crippen LogP contribution in [0.1, 0.15) is 54.7 Å². The van der Waals surface area contributed by atoms with E-state index in [4.69, 9.17) is 5.73 Å². The van der Waals surface area contributed by atoms with Gasteiger partial charge in [-0.25, -0.2) is 0 Å². The van der Waals surface area contributed by atoms with E-state index in [2.05, 4.69) is 15.5 Å². The van der Waals surface area contributed by atoms with Gasteiger partial charge in [-0.05, 0) is 44.6 Å². The van der Waals surface area contributed by atoms with Crippen molar-refractivity contribution in [1.82, 2.24) is 15.5 Å². The molecule has 5 nitrogen and oxygen atoms in total. The van der Waals surface area contributed by atoms with Crippen LogP contribution in [-0.2, 0) is 0 Å². The predicted molar refractivity (Wildman–Crippen MR) is 68.2 cm³/mol. The fourth-order valence-electron chi connectivity index (χ4n) is 2.42. The standard InChI is InChI=1S/C13H20N4O/c1-13(7-14,9-4-5-9)15-12(18)11-6-10(16-17-11)8-2-3-8/h6,8-9H,2-5,7,14H2,1H3,(H,15,18)(H,16,17). The SMILES string of the molecule is CC(CN)(NC(=O)c1cc(C2CC2)[nH]n1)C1CC1. The largest absolute Gasteiger partial charge is 0.344 e. The van der Waals surface area contributed by atoms with Crippen LogP contribution in [0.15, 0.2) is 6.07 Å². The van der Waals surface area contributed by atoms with Crippen molar-refractivity contribution >= 4 is 5.91 Å². The number of nitrogens with one attached hydrogen (secondary N) is 2. The number of carbonyl (C=O) groups is 1. The number of rotatable bonds is 5. The molecule has 0 aromatic carbocycles. The molecule has 0 bridgehead atoms. The molecule has 2 fully saturated rings. The number of aromatic nitrogens is 2. The highest BCUT2D eigenvalue weighted by atomic mass is 16.2. The topological polar surface area (TPSA) is 83.8 Å². The molecule has 3 rings (SSSR count). The molecule has 1 unspecified atom stereocenters. The molecule has 4 N–H and O–H groups in total. The zero-order chi connectivity index (χ0) is 12.8. The fraction of sp³-hybridized carbons (Fsp3) is 0.692. The van der Waals surface area contributed by atoms with Crippen molar-refractivity contribution in [2.75, 3.05) is 6.54 Å². The highest BCUT2D eigenvalue weighted by Gasteiger charge is 2.42. The van der Waals surface area contributed by atoms with Gasteiger partial charge in [-0.1, -0.05) is 0 Å². The predicted octanol–water partition coefficient (Wildman–Crippen LogP) is 1.14. The Balaban J connectivity index is 1.69. The van der Waals surface area contributed by atoms with E-state index in [1.54, 1.807) is 0 Å². The Morgan fingerprint density at radius 3 is 2.83 bits per heavy atom. The quantitative estimate of drug-likeness (QED) is 0.730. The molecule has 2 aliphatic carbocycles. The molecule has 1 aromatic rings. The molecule has 0 spiro atoms. The van der Waals surface area contributed by atoms with Crippen molar-refractivity contribution < 1.29 is 4.79 Å². The van der Waals surface area contributed by atoms with Crippen LogP contribution in [-0.4, -0.2) is 28.2 Å². The van der Waals surface area contributed by atoms with Gasteiger partial charge in [0, 0.05) is 18.2 Å². The first kappa shape index (κ1) is 11.7. The smallest absolute Gasteiger partial charge is 0.272 e. The lowest BCUT2D eigenvalue weighted by Gasteiger charge is -2.29. The van der Waals surface area contributed by atoms with Crippen LogP contribution in [0.25, 0.3) is 0 Å². The molecule has 0 aliphatic heterocycles. The molecule has 2 saturated carbocycles. The molecular formula is C13H20N4O. The van der Waals surface area contributed by atoms with Crippen LogP contribution in [0.2, 0.25) is 0 Å². The average Bonchev–Trinajstić information content (AvgIpc) is 3.26. The Labute approximate surface area is 107 Å². The van der Waals surface area contributed by atoms with Crippen molar-refractivity contribution in [3.05, 3.63) is 17.5 Å². The van der Waals surface area contributed by atoms with E-state index >= 15 is 0 Å². The molecule has 1 atom stereocenters. The second-order valence-corrected chi connectivity index (χ2v) is 5.83. The maximum absolute atomic E-state index is 12.2. The van der Waals surface area contributed by atoms with Crippen molar-refractivity contribution in [2.24, 2.45) is 11.7 Å². The van der Waals surface area contributed by atoms with Crippen molar-refractivity contribution in [2.45, 2.75) is 44.1 Å². The third-order valence-corrected chi connectivity index (χ3v) is 4.15. The van der Waals surface area contributed by atoms with Gasteiger partial charge in [0.1, 0.15) is 5.69 Å². The molecule has 2 aliphatic rings. The van der Waals surface area contributed by atoms with E-state index in [1.165, 1.54) is 12.8 Å². The van der Waals surface area contributed by atoms with Crippen LogP contribution >= 0.6 is 0 Å². The normalized spacial score (nSPS) is 22.6. The Bertz CT molecular complexity index is 461. The highest BCUT2D eigenvalue weighted by molar-refractivity contribution is 5.93. The zero-order valence-electron chi connectivity index (χ0n) is 10.7. The Kier molecular flexibility index (Phi) is 2.66. The first-order valence-corrected chi connectivity index (χ1v) is 6.70. The lowest BCUT2D eigenvalue weighted by atomic mass is 9.96. The zero-order valence-corrected chi connectivity index (χ0v) is 10.7. The third-order valence-electron chi connectivity index (χ3n) is 4.15. The summed E-state index contributed by atoms with van der Waals surface area (Å²) in [4.78, 5) is 12.2. The molecular weight excluding hydrogens is 228 g/mol. The summed E-state index contributed by atoms with van der Waals surface area (Å²) in [6, 6.07) is 1.87.